The maximum Gasteiger partial charge on any atom is 0.290 e. The Kier molecular flexibility index (Phi) is 2.36. The highest BCUT2D eigenvalue weighted by molar-refractivity contribution is 6.37. The molecule has 1 atom stereocenters. The Bertz CT molecular complexity index is 247. The summed E-state index contributed by atoms with van der Waals surface area (Å²) >= 11 is 0. The summed E-state index contributed by atoms with van der Waals surface area (Å²) in [6, 6.07) is -1.20. The van der Waals surface area contributed by atoms with Gasteiger partial charge in [0.1, 0.15) is 0 Å². The van der Waals surface area contributed by atoms with Crippen molar-refractivity contribution in [2.45, 2.75) is 32.2 Å². The van der Waals surface area contributed by atoms with Gasteiger partial charge in [-0.15, -0.1) is 0 Å². The lowest BCUT2D eigenvalue weighted by Gasteiger charge is -2.28. The van der Waals surface area contributed by atoms with E-state index in [1.807, 2.05) is 0 Å². The standard InChI is InChI=1S/C8H11F2NO2/c1-5(8(2,9)10)11-4-3-6(12)7(11)13/h5H,3-4H2,1-2H3. The molecule has 0 N–H and O–H groups in total. The van der Waals surface area contributed by atoms with E-state index in [1.165, 1.54) is 6.92 Å². The average molecular weight is 191 g/mol. The first kappa shape index (κ1) is 10.1. The molecule has 0 aromatic heterocycles. The summed E-state index contributed by atoms with van der Waals surface area (Å²) in [5.41, 5.74) is 0. The third kappa shape index (κ3) is 1.84. The third-order valence-corrected chi connectivity index (χ3v) is 2.28. The monoisotopic (exact) mass is 191 g/mol. The Balaban J connectivity index is 2.75. The first-order valence-electron chi connectivity index (χ1n) is 4.05. The van der Waals surface area contributed by atoms with Crippen LogP contribution in [0.25, 0.3) is 0 Å². The van der Waals surface area contributed by atoms with Crippen LogP contribution in [0.15, 0.2) is 0 Å². The van der Waals surface area contributed by atoms with Crippen molar-refractivity contribution in [1.29, 1.82) is 0 Å². The number of hydrogen-bond donors (Lipinski definition) is 0. The maximum absolute atomic E-state index is 12.8. The number of rotatable bonds is 2. The number of Topliss-reactive ketones (excluding diaryl/α,β-unsaturated/α-hetero) is 1. The molecule has 0 spiro atoms. The molecule has 1 unspecified atom stereocenters. The zero-order valence-corrected chi connectivity index (χ0v) is 7.51. The molecule has 1 heterocycles. The SMILES string of the molecule is CC(N1CCC(=O)C1=O)C(C)(F)F. The van der Waals surface area contributed by atoms with Crippen molar-refractivity contribution in [2.75, 3.05) is 6.54 Å². The molecular formula is C8H11F2NO2. The van der Waals surface area contributed by atoms with Gasteiger partial charge in [0.25, 0.3) is 11.8 Å². The topological polar surface area (TPSA) is 37.4 Å². The van der Waals surface area contributed by atoms with E-state index < -0.39 is 23.7 Å². The molecule has 0 saturated carbocycles. The molecule has 13 heavy (non-hydrogen) atoms. The van der Waals surface area contributed by atoms with Gasteiger partial charge in [0.15, 0.2) is 0 Å². The quantitative estimate of drug-likeness (QED) is 0.606. The molecule has 1 aliphatic heterocycles. The van der Waals surface area contributed by atoms with E-state index in [0.717, 1.165) is 11.8 Å². The van der Waals surface area contributed by atoms with Crippen LogP contribution >= 0.6 is 0 Å². The Hall–Kier alpha value is -1.00. The van der Waals surface area contributed by atoms with Crippen molar-refractivity contribution < 1.29 is 18.4 Å². The number of carbonyl (C=O) groups excluding carboxylic acids is 2. The van der Waals surface area contributed by atoms with Crippen LogP contribution in [0.3, 0.4) is 0 Å². The number of hydrogen-bond acceptors (Lipinski definition) is 2. The largest absolute Gasteiger partial charge is 0.327 e. The Labute approximate surface area is 74.7 Å². The van der Waals surface area contributed by atoms with Crippen LogP contribution < -0.4 is 0 Å². The fourth-order valence-electron chi connectivity index (χ4n) is 1.23. The van der Waals surface area contributed by atoms with Crippen LogP contribution in [0.4, 0.5) is 8.78 Å². The molecule has 0 aromatic rings. The number of alkyl halides is 2. The summed E-state index contributed by atoms with van der Waals surface area (Å²) in [5.74, 6) is -4.31. The summed E-state index contributed by atoms with van der Waals surface area (Å²) in [7, 11) is 0. The van der Waals surface area contributed by atoms with E-state index in [-0.39, 0.29) is 13.0 Å². The van der Waals surface area contributed by atoms with Gasteiger partial charge in [0.2, 0.25) is 5.78 Å². The third-order valence-electron chi connectivity index (χ3n) is 2.28. The fourth-order valence-corrected chi connectivity index (χ4v) is 1.23. The van der Waals surface area contributed by atoms with E-state index in [0.29, 0.717) is 0 Å². The van der Waals surface area contributed by atoms with Crippen LogP contribution in [0.5, 0.6) is 0 Å². The predicted molar refractivity (Wildman–Crippen MR) is 41.4 cm³/mol. The van der Waals surface area contributed by atoms with Crippen LogP contribution in [0.2, 0.25) is 0 Å². The lowest BCUT2D eigenvalue weighted by atomic mass is 10.2. The highest BCUT2D eigenvalue weighted by Gasteiger charge is 2.42. The fraction of sp³-hybridized carbons (Fsp3) is 0.750. The van der Waals surface area contributed by atoms with Gasteiger partial charge in [0.05, 0.1) is 6.04 Å². The molecule has 1 rings (SSSR count). The molecule has 0 radical (unpaired) electrons. The molecule has 3 nitrogen and oxygen atoms in total. The summed E-state index contributed by atoms with van der Waals surface area (Å²) in [6.45, 7) is 2.10. The molecule has 1 saturated heterocycles. The Morgan fingerprint density at radius 3 is 2.31 bits per heavy atom. The molecule has 1 aliphatic rings. The van der Waals surface area contributed by atoms with Crippen molar-refractivity contribution in [1.82, 2.24) is 4.90 Å². The van der Waals surface area contributed by atoms with Crippen molar-refractivity contribution in [3.8, 4) is 0 Å². The summed E-state index contributed by atoms with van der Waals surface area (Å²) in [6.07, 6.45) is 0.0548. The minimum atomic E-state index is -2.96. The Morgan fingerprint density at radius 2 is 2.00 bits per heavy atom. The van der Waals surface area contributed by atoms with E-state index in [1.54, 1.807) is 0 Å². The number of amides is 1. The summed E-state index contributed by atoms with van der Waals surface area (Å²) in [4.78, 5) is 22.7. The minimum Gasteiger partial charge on any atom is -0.327 e. The second-order valence-corrected chi connectivity index (χ2v) is 3.30. The molecule has 0 aromatic carbocycles. The van der Waals surface area contributed by atoms with E-state index in [4.69, 9.17) is 0 Å². The van der Waals surface area contributed by atoms with Gasteiger partial charge in [-0.2, -0.15) is 0 Å². The van der Waals surface area contributed by atoms with E-state index in [2.05, 4.69) is 0 Å². The normalized spacial score (nSPS) is 21.1. The van der Waals surface area contributed by atoms with Crippen LogP contribution in [-0.2, 0) is 9.59 Å². The van der Waals surface area contributed by atoms with Gasteiger partial charge in [0, 0.05) is 19.9 Å². The van der Waals surface area contributed by atoms with Crippen LogP contribution in [0, 0.1) is 0 Å². The lowest BCUT2D eigenvalue weighted by Crippen LogP contribution is -2.45. The highest BCUT2D eigenvalue weighted by Crippen LogP contribution is 2.24. The predicted octanol–water partition coefficient (Wildman–Crippen LogP) is 0.832. The van der Waals surface area contributed by atoms with E-state index >= 15 is 0 Å². The second kappa shape index (κ2) is 3.05. The number of ketones is 1. The summed E-state index contributed by atoms with van der Waals surface area (Å²) in [5, 5.41) is 0. The second-order valence-electron chi connectivity index (χ2n) is 3.30. The van der Waals surface area contributed by atoms with Crippen molar-refractivity contribution >= 4 is 11.7 Å². The van der Waals surface area contributed by atoms with Crippen LogP contribution in [0.1, 0.15) is 20.3 Å². The van der Waals surface area contributed by atoms with Gasteiger partial charge in [-0.3, -0.25) is 9.59 Å². The Morgan fingerprint density at radius 1 is 1.46 bits per heavy atom. The van der Waals surface area contributed by atoms with Crippen LogP contribution in [-0.4, -0.2) is 35.1 Å². The number of carbonyl (C=O) groups is 2. The first-order chi connectivity index (χ1) is 5.84. The highest BCUT2D eigenvalue weighted by atomic mass is 19.3. The smallest absolute Gasteiger partial charge is 0.290 e. The van der Waals surface area contributed by atoms with Crippen molar-refractivity contribution in [3.05, 3.63) is 0 Å². The number of halogens is 2. The zero-order valence-electron chi connectivity index (χ0n) is 7.51. The van der Waals surface area contributed by atoms with Gasteiger partial charge in [-0.05, 0) is 6.92 Å². The average Bonchev–Trinajstić information content (AvgIpc) is 2.30. The van der Waals surface area contributed by atoms with Gasteiger partial charge in [-0.25, -0.2) is 8.78 Å². The molecule has 74 valence electrons. The zero-order chi connectivity index (χ0) is 10.2. The van der Waals surface area contributed by atoms with E-state index in [9.17, 15) is 18.4 Å². The minimum absolute atomic E-state index is 0.0548. The van der Waals surface area contributed by atoms with Crippen molar-refractivity contribution in [2.24, 2.45) is 0 Å². The van der Waals surface area contributed by atoms with Gasteiger partial charge >= 0.3 is 0 Å². The molecule has 1 amide bonds. The summed E-state index contributed by atoms with van der Waals surface area (Å²) < 4.78 is 25.5. The molecule has 5 heteroatoms. The lowest BCUT2D eigenvalue weighted by molar-refractivity contribution is -0.145. The van der Waals surface area contributed by atoms with Gasteiger partial charge < -0.3 is 4.90 Å². The molecule has 0 bridgehead atoms. The van der Waals surface area contributed by atoms with Crippen molar-refractivity contribution in [3.63, 3.8) is 0 Å². The first-order valence-corrected chi connectivity index (χ1v) is 4.05. The molecular weight excluding hydrogens is 180 g/mol. The number of nitrogens with zero attached hydrogens (tertiary/aromatic N) is 1. The molecule has 0 aliphatic carbocycles. The molecule has 1 fully saturated rings. The van der Waals surface area contributed by atoms with Gasteiger partial charge in [-0.1, -0.05) is 0 Å². The number of likely N-dealkylation sites (tertiary alicyclic amines) is 1. The maximum atomic E-state index is 12.8.